The van der Waals surface area contributed by atoms with Gasteiger partial charge in [-0.2, -0.15) is 0 Å². The lowest BCUT2D eigenvalue weighted by Crippen LogP contribution is -2.48. The van der Waals surface area contributed by atoms with Gasteiger partial charge < -0.3 is 20.3 Å². The number of aromatic nitrogens is 1. The fourth-order valence-electron chi connectivity index (χ4n) is 2.59. The average molecular weight is 334 g/mol. The Labute approximate surface area is 142 Å². The molecule has 1 atom stereocenters. The first kappa shape index (κ1) is 18.2. The first-order valence-electron chi connectivity index (χ1n) is 8.30. The lowest BCUT2D eigenvalue weighted by Gasteiger charge is -2.28. The summed E-state index contributed by atoms with van der Waals surface area (Å²) in [6, 6.07) is 3.34. The van der Waals surface area contributed by atoms with Crippen molar-refractivity contribution in [1.29, 1.82) is 0 Å². The molecular formula is C17H26N4O3. The van der Waals surface area contributed by atoms with E-state index in [1.165, 1.54) is 6.92 Å². The van der Waals surface area contributed by atoms with Crippen molar-refractivity contribution in [3.05, 3.63) is 23.9 Å². The van der Waals surface area contributed by atoms with Crippen LogP contribution in [0, 0.1) is 5.92 Å². The van der Waals surface area contributed by atoms with E-state index in [-0.39, 0.29) is 17.7 Å². The van der Waals surface area contributed by atoms with Crippen LogP contribution >= 0.6 is 0 Å². The zero-order valence-corrected chi connectivity index (χ0v) is 14.5. The highest BCUT2D eigenvalue weighted by Crippen LogP contribution is 2.14. The Balaban J connectivity index is 1.95. The molecule has 1 aliphatic heterocycles. The molecule has 0 aliphatic carbocycles. The topological polar surface area (TPSA) is 83.6 Å². The van der Waals surface area contributed by atoms with Crippen LogP contribution in [-0.4, -0.2) is 49.1 Å². The second-order valence-electron chi connectivity index (χ2n) is 6.26. The van der Waals surface area contributed by atoms with E-state index in [0.717, 1.165) is 24.5 Å². The molecule has 1 fully saturated rings. The molecule has 132 valence electrons. The van der Waals surface area contributed by atoms with Crippen LogP contribution in [0.15, 0.2) is 18.3 Å². The molecule has 1 aromatic rings. The molecule has 1 saturated heterocycles. The van der Waals surface area contributed by atoms with E-state index in [4.69, 9.17) is 4.74 Å². The van der Waals surface area contributed by atoms with Gasteiger partial charge in [-0.3, -0.25) is 9.59 Å². The van der Waals surface area contributed by atoms with Crippen molar-refractivity contribution in [3.8, 4) is 0 Å². The second kappa shape index (κ2) is 8.63. The maximum atomic E-state index is 12.3. The lowest BCUT2D eigenvalue weighted by molar-refractivity contribution is -0.129. The molecular weight excluding hydrogens is 308 g/mol. The molecule has 2 N–H and O–H groups in total. The van der Waals surface area contributed by atoms with Crippen molar-refractivity contribution in [1.82, 2.24) is 15.6 Å². The van der Waals surface area contributed by atoms with Crippen LogP contribution in [0.25, 0.3) is 0 Å². The summed E-state index contributed by atoms with van der Waals surface area (Å²) < 4.78 is 5.35. The van der Waals surface area contributed by atoms with Crippen molar-refractivity contribution >= 4 is 17.6 Å². The van der Waals surface area contributed by atoms with Gasteiger partial charge in [-0.25, -0.2) is 4.98 Å². The van der Waals surface area contributed by atoms with Crippen molar-refractivity contribution in [2.45, 2.75) is 33.4 Å². The van der Waals surface area contributed by atoms with Gasteiger partial charge in [-0.15, -0.1) is 0 Å². The van der Waals surface area contributed by atoms with Gasteiger partial charge in [0.15, 0.2) is 0 Å². The van der Waals surface area contributed by atoms with E-state index in [1.54, 1.807) is 6.20 Å². The molecule has 7 nitrogen and oxygen atoms in total. The maximum absolute atomic E-state index is 12.3. The quantitative estimate of drug-likeness (QED) is 0.800. The van der Waals surface area contributed by atoms with Crippen molar-refractivity contribution in [3.63, 3.8) is 0 Å². The van der Waals surface area contributed by atoms with E-state index in [1.807, 2.05) is 26.0 Å². The molecule has 0 bridgehead atoms. The summed E-state index contributed by atoms with van der Waals surface area (Å²) >= 11 is 0. The molecule has 0 radical (unpaired) electrons. The minimum absolute atomic E-state index is 0.0234. The Hall–Kier alpha value is -2.15. The Morgan fingerprint density at radius 2 is 2.04 bits per heavy atom. The number of morpholine rings is 1. The molecule has 0 spiro atoms. The molecule has 1 aromatic heterocycles. The van der Waals surface area contributed by atoms with Gasteiger partial charge in [0, 0.05) is 32.8 Å². The summed E-state index contributed by atoms with van der Waals surface area (Å²) in [6.07, 6.45) is 1.75. The molecule has 0 saturated carbocycles. The lowest BCUT2D eigenvalue weighted by atomic mass is 10.0. The summed E-state index contributed by atoms with van der Waals surface area (Å²) in [6.45, 7) is 8.68. The molecule has 2 rings (SSSR count). The standard InChI is InChI=1S/C17H26N4O3/c1-12(2)16(20-13(3)22)17(23)19-11-14-4-5-18-15(10-14)21-6-8-24-9-7-21/h4-5,10,12,16H,6-9,11H2,1-3H3,(H,19,23)(H,20,22). The van der Waals surface area contributed by atoms with Gasteiger partial charge in [0.1, 0.15) is 11.9 Å². The van der Waals surface area contributed by atoms with Gasteiger partial charge in [-0.1, -0.05) is 13.8 Å². The van der Waals surface area contributed by atoms with Crippen LogP contribution in [-0.2, 0) is 20.9 Å². The minimum atomic E-state index is -0.525. The van der Waals surface area contributed by atoms with E-state index >= 15 is 0 Å². The van der Waals surface area contributed by atoms with Gasteiger partial charge in [0.25, 0.3) is 0 Å². The Morgan fingerprint density at radius 1 is 1.33 bits per heavy atom. The normalized spacial score (nSPS) is 15.9. The van der Waals surface area contributed by atoms with Crippen LogP contribution in [0.1, 0.15) is 26.3 Å². The number of rotatable bonds is 6. The van der Waals surface area contributed by atoms with E-state index in [9.17, 15) is 9.59 Å². The average Bonchev–Trinajstić information content (AvgIpc) is 2.58. The Morgan fingerprint density at radius 3 is 2.67 bits per heavy atom. The summed E-state index contributed by atoms with van der Waals surface area (Å²) in [5.41, 5.74) is 0.977. The third kappa shape index (κ3) is 5.19. The summed E-state index contributed by atoms with van der Waals surface area (Å²) in [5, 5.41) is 5.58. The Bertz CT molecular complexity index is 571. The maximum Gasteiger partial charge on any atom is 0.243 e. The van der Waals surface area contributed by atoms with Gasteiger partial charge in [-0.05, 0) is 23.6 Å². The fourth-order valence-corrected chi connectivity index (χ4v) is 2.59. The molecule has 0 aromatic carbocycles. The zero-order chi connectivity index (χ0) is 17.5. The predicted molar refractivity (Wildman–Crippen MR) is 91.6 cm³/mol. The first-order valence-corrected chi connectivity index (χ1v) is 8.30. The number of hydrogen-bond donors (Lipinski definition) is 2. The zero-order valence-electron chi connectivity index (χ0n) is 14.5. The largest absolute Gasteiger partial charge is 0.378 e. The van der Waals surface area contributed by atoms with Gasteiger partial charge in [0.05, 0.1) is 13.2 Å². The number of nitrogens with one attached hydrogen (secondary N) is 2. The van der Waals surface area contributed by atoms with Crippen LogP contribution < -0.4 is 15.5 Å². The monoisotopic (exact) mass is 334 g/mol. The number of pyridine rings is 1. The SMILES string of the molecule is CC(=O)NC(C(=O)NCc1ccnc(N2CCOCC2)c1)C(C)C. The second-order valence-corrected chi connectivity index (χ2v) is 6.26. The number of ether oxygens (including phenoxy) is 1. The van der Waals surface area contributed by atoms with Crippen molar-refractivity contribution in [2.24, 2.45) is 5.92 Å². The van der Waals surface area contributed by atoms with Crippen LogP contribution in [0.4, 0.5) is 5.82 Å². The number of amides is 2. The highest BCUT2D eigenvalue weighted by Gasteiger charge is 2.22. The molecule has 1 unspecified atom stereocenters. The summed E-state index contributed by atoms with van der Waals surface area (Å²) in [4.78, 5) is 30.1. The number of anilines is 1. The third-order valence-electron chi connectivity index (χ3n) is 3.92. The Kier molecular flexibility index (Phi) is 6.54. The number of nitrogens with zero attached hydrogens (tertiary/aromatic N) is 2. The van der Waals surface area contributed by atoms with Crippen LogP contribution in [0.2, 0.25) is 0 Å². The smallest absolute Gasteiger partial charge is 0.243 e. The number of hydrogen-bond acceptors (Lipinski definition) is 5. The van der Waals surface area contributed by atoms with Crippen molar-refractivity contribution in [2.75, 3.05) is 31.2 Å². The molecule has 2 amide bonds. The van der Waals surface area contributed by atoms with Gasteiger partial charge >= 0.3 is 0 Å². The van der Waals surface area contributed by atoms with E-state index in [2.05, 4.69) is 20.5 Å². The molecule has 1 aliphatic rings. The molecule has 24 heavy (non-hydrogen) atoms. The molecule has 2 heterocycles. The summed E-state index contributed by atoms with van der Waals surface area (Å²) in [7, 11) is 0. The van der Waals surface area contributed by atoms with Crippen molar-refractivity contribution < 1.29 is 14.3 Å². The van der Waals surface area contributed by atoms with Crippen LogP contribution in [0.5, 0.6) is 0 Å². The fraction of sp³-hybridized carbons (Fsp3) is 0.588. The third-order valence-corrected chi connectivity index (χ3v) is 3.92. The van der Waals surface area contributed by atoms with E-state index in [0.29, 0.717) is 19.8 Å². The molecule has 7 heteroatoms. The number of carbonyl (C=O) groups excluding carboxylic acids is 2. The van der Waals surface area contributed by atoms with Gasteiger partial charge in [0.2, 0.25) is 11.8 Å². The first-order chi connectivity index (χ1) is 11.5. The summed E-state index contributed by atoms with van der Waals surface area (Å²) in [5.74, 6) is 0.537. The highest BCUT2D eigenvalue weighted by atomic mass is 16.5. The highest BCUT2D eigenvalue weighted by molar-refractivity contribution is 5.87. The van der Waals surface area contributed by atoms with Crippen LogP contribution in [0.3, 0.4) is 0 Å². The minimum Gasteiger partial charge on any atom is -0.378 e. The predicted octanol–water partition coefficient (Wildman–Crippen LogP) is 0.695. The number of carbonyl (C=O) groups is 2. The van der Waals surface area contributed by atoms with E-state index < -0.39 is 6.04 Å².